The van der Waals surface area contributed by atoms with Crippen molar-refractivity contribution in [2.24, 2.45) is 11.7 Å². The average Bonchev–Trinajstić information content (AvgIpc) is 3.28. The number of nitriles is 1. The molecule has 20 heavy (non-hydrogen) atoms. The Morgan fingerprint density at radius 3 is 2.50 bits per heavy atom. The lowest BCUT2D eigenvalue weighted by atomic mass is 9.91. The minimum absolute atomic E-state index is 0.630. The molecular weight excluding hydrogens is 246 g/mol. The highest BCUT2D eigenvalue weighted by Crippen LogP contribution is 2.30. The smallest absolute Gasteiger partial charge is 0.142 e. The molecule has 0 heterocycles. The second-order valence-corrected chi connectivity index (χ2v) is 6.33. The first-order valence-corrected chi connectivity index (χ1v) is 7.55. The van der Waals surface area contributed by atoms with Gasteiger partial charge in [0.2, 0.25) is 0 Å². The molecule has 0 saturated heterocycles. The van der Waals surface area contributed by atoms with Crippen LogP contribution in [0, 0.1) is 17.2 Å². The van der Waals surface area contributed by atoms with Crippen LogP contribution >= 0.6 is 0 Å². The summed E-state index contributed by atoms with van der Waals surface area (Å²) in [6, 6.07) is 12.7. The number of nitrogens with two attached hydrogens (primary N) is 1. The van der Waals surface area contributed by atoms with E-state index in [9.17, 15) is 5.26 Å². The van der Waals surface area contributed by atoms with Gasteiger partial charge in [0, 0.05) is 12.6 Å². The highest BCUT2D eigenvalue weighted by Gasteiger charge is 2.36. The molecule has 1 aromatic carbocycles. The Balaban J connectivity index is 2.09. The van der Waals surface area contributed by atoms with E-state index in [1.807, 2.05) is 30.3 Å². The zero-order chi connectivity index (χ0) is 14.6. The summed E-state index contributed by atoms with van der Waals surface area (Å²) in [5.41, 5.74) is 6.40. The third kappa shape index (κ3) is 3.82. The van der Waals surface area contributed by atoms with Gasteiger partial charge < -0.3 is 5.73 Å². The monoisotopic (exact) mass is 271 g/mol. The van der Waals surface area contributed by atoms with Crippen molar-refractivity contribution >= 4 is 0 Å². The van der Waals surface area contributed by atoms with Gasteiger partial charge in [-0.1, -0.05) is 44.2 Å². The molecule has 0 aliphatic heterocycles. The summed E-state index contributed by atoms with van der Waals surface area (Å²) in [4.78, 5) is 2.41. The summed E-state index contributed by atoms with van der Waals surface area (Å²) in [7, 11) is 0. The number of hydrogen-bond acceptors (Lipinski definition) is 3. The predicted molar refractivity (Wildman–Crippen MR) is 82.0 cm³/mol. The number of hydrogen-bond donors (Lipinski definition) is 1. The zero-order valence-corrected chi connectivity index (χ0v) is 12.5. The Morgan fingerprint density at radius 2 is 2.00 bits per heavy atom. The van der Waals surface area contributed by atoms with E-state index in [1.165, 1.54) is 12.8 Å². The molecule has 1 aliphatic rings. The maximum atomic E-state index is 9.57. The topological polar surface area (TPSA) is 53.0 Å². The van der Waals surface area contributed by atoms with Crippen LogP contribution in [0.2, 0.25) is 0 Å². The Labute approximate surface area is 122 Å². The third-order valence-corrected chi connectivity index (χ3v) is 4.00. The lowest BCUT2D eigenvalue weighted by Gasteiger charge is -2.31. The molecule has 3 heteroatoms. The molecule has 0 bridgehead atoms. The van der Waals surface area contributed by atoms with Crippen molar-refractivity contribution < 1.29 is 0 Å². The summed E-state index contributed by atoms with van der Waals surface area (Å²) >= 11 is 0. The Morgan fingerprint density at radius 1 is 1.35 bits per heavy atom. The molecule has 1 unspecified atom stereocenters. The Kier molecular flexibility index (Phi) is 4.80. The first kappa shape index (κ1) is 15.0. The predicted octanol–water partition coefficient (Wildman–Crippen LogP) is 2.87. The van der Waals surface area contributed by atoms with Crippen LogP contribution in [-0.4, -0.2) is 24.0 Å². The Hall–Kier alpha value is -1.37. The number of nitrogens with zero attached hydrogens (tertiary/aromatic N) is 2. The van der Waals surface area contributed by atoms with E-state index < -0.39 is 5.54 Å². The van der Waals surface area contributed by atoms with Crippen LogP contribution in [-0.2, 0) is 5.54 Å². The van der Waals surface area contributed by atoms with E-state index >= 15 is 0 Å². The molecule has 1 saturated carbocycles. The van der Waals surface area contributed by atoms with Crippen molar-refractivity contribution in [3.63, 3.8) is 0 Å². The van der Waals surface area contributed by atoms with Crippen molar-refractivity contribution in [2.45, 2.75) is 44.7 Å². The van der Waals surface area contributed by atoms with Gasteiger partial charge in [-0.3, -0.25) is 4.90 Å². The van der Waals surface area contributed by atoms with Gasteiger partial charge >= 0.3 is 0 Å². The molecule has 108 valence electrons. The van der Waals surface area contributed by atoms with Crippen LogP contribution in [0.15, 0.2) is 30.3 Å². The highest BCUT2D eigenvalue weighted by molar-refractivity contribution is 5.31. The normalized spacial score (nSPS) is 18.0. The van der Waals surface area contributed by atoms with Gasteiger partial charge in [0.15, 0.2) is 0 Å². The molecule has 0 amide bonds. The van der Waals surface area contributed by atoms with E-state index in [2.05, 4.69) is 24.8 Å². The molecule has 0 radical (unpaired) electrons. The maximum Gasteiger partial charge on any atom is 0.142 e. The zero-order valence-electron chi connectivity index (χ0n) is 12.5. The summed E-state index contributed by atoms with van der Waals surface area (Å²) in [6.07, 6.45) is 3.65. The fraction of sp³-hybridized carbons (Fsp3) is 0.588. The third-order valence-electron chi connectivity index (χ3n) is 4.00. The van der Waals surface area contributed by atoms with Crippen LogP contribution in [0.5, 0.6) is 0 Å². The van der Waals surface area contributed by atoms with Crippen molar-refractivity contribution in [2.75, 3.05) is 13.1 Å². The molecule has 3 nitrogen and oxygen atoms in total. The van der Waals surface area contributed by atoms with Crippen molar-refractivity contribution in [3.8, 4) is 6.07 Å². The van der Waals surface area contributed by atoms with Gasteiger partial charge in [0.05, 0.1) is 6.07 Å². The summed E-state index contributed by atoms with van der Waals surface area (Å²) in [5.74, 6) is 0.683. The van der Waals surface area contributed by atoms with Crippen LogP contribution in [0.1, 0.15) is 38.7 Å². The highest BCUT2D eigenvalue weighted by atomic mass is 15.2. The lowest BCUT2D eigenvalue weighted by Crippen LogP contribution is -2.48. The van der Waals surface area contributed by atoms with Crippen molar-refractivity contribution in [1.82, 2.24) is 4.90 Å². The van der Waals surface area contributed by atoms with E-state index in [-0.39, 0.29) is 0 Å². The number of rotatable bonds is 7. The second kappa shape index (κ2) is 6.39. The maximum absolute atomic E-state index is 9.57. The molecule has 2 N–H and O–H groups in total. The molecule has 1 fully saturated rings. The first-order valence-electron chi connectivity index (χ1n) is 7.55. The van der Waals surface area contributed by atoms with Crippen LogP contribution in [0.3, 0.4) is 0 Å². The SMILES string of the molecule is CC(C)CCN(CC(N)(C#N)c1ccccc1)C1CC1. The van der Waals surface area contributed by atoms with Gasteiger partial charge in [-0.2, -0.15) is 5.26 Å². The number of benzene rings is 1. The van der Waals surface area contributed by atoms with Crippen LogP contribution in [0.4, 0.5) is 0 Å². The first-order chi connectivity index (χ1) is 9.55. The average molecular weight is 271 g/mol. The molecular formula is C17H25N3. The molecule has 0 aromatic heterocycles. The van der Waals surface area contributed by atoms with Gasteiger partial charge in [-0.15, -0.1) is 0 Å². The Bertz CT molecular complexity index is 459. The van der Waals surface area contributed by atoms with E-state index in [0.717, 1.165) is 18.5 Å². The van der Waals surface area contributed by atoms with E-state index in [4.69, 9.17) is 5.73 Å². The fourth-order valence-electron chi connectivity index (χ4n) is 2.50. The summed E-state index contributed by atoms with van der Waals surface area (Å²) in [6.45, 7) is 6.14. The largest absolute Gasteiger partial charge is 0.309 e. The quantitative estimate of drug-likeness (QED) is 0.829. The summed E-state index contributed by atoms with van der Waals surface area (Å²) in [5, 5.41) is 9.57. The molecule has 0 spiro atoms. The van der Waals surface area contributed by atoms with E-state index in [1.54, 1.807) is 0 Å². The minimum atomic E-state index is -0.902. The lowest BCUT2D eigenvalue weighted by molar-refractivity contribution is 0.213. The molecule has 1 aliphatic carbocycles. The minimum Gasteiger partial charge on any atom is -0.309 e. The van der Waals surface area contributed by atoms with Crippen LogP contribution in [0.25, 0.3) is 0 Å². The van der Waals surface area contributed by atoms with Crippen molar-refractivity contribution in [3.05, 3.63) is 35.9 Å². The van der Waals surface area contributed by atoms with Crippen molar-refractivity contribution in [1.29, 1.82) is 5.26 Å². The summed E-state index contributed by atoms with van der Waals surface area (Å²) < 4.78 is 0. The standard InChI is InChI=1S/C17H25N3/c1-14(2)10-11-20(16-8-9-16)13-17(19,12-18)15-6-4-3-5-7-15/h3-7,14,16H,8-11,13,19H2,1-2H3. The molecule has 1 atom stereocenters. The van der Waals surface area contributed by atoms with Crippen LogP contribution < -0.4 is 5.73 Å². The second-order valence-electron chi connectivity index (χ2n) is 6.33. The van der Waals surface area contributed by atoms with E-state index in [0.29, 0.717) is 18.5 Å². The van der Waals surface area contributed by atoms with Gasteiger partial charge in [-0.25, -0.2) is 0 Å². The molecule has 1 aromatic rings. The van der Waals surface area contributed by atoms with Gasteiger partial charge in [0.25, 0.3) is 0 Å². The fourth-order valence-corrected chi connectivity index (χ4v) is 2.50. The molecule has 2 rings (SSSR count). The van der Waals surface area contributed by atoms with Gasteiger partial charge in [-0.05, 0) is 37.3 Å². The van der Waals surface area contributed by atoms with Gasteiger partial charge in [0.1, 0.15) is 5.54 Å².